The maximum Gasteiger partial charge on any atom is 1.00 e. The van der Waals surface area contributed by atoms with E-state index in [1.807, 2.05) is 30.3 Å². The molecule has 0 saturated carbocycles. The number of aromatic nitrogens is 1. The van der Waals surface area contributed by atoms with Crippen molar-refractivity contribution in [2.24, 2.45) is 0 Å². The van der Waals surface area contributed by atoms with Crippen molar-refractivity contribution in [2.75, 3.05) is 0 Å². The smallest absolute Gasteiger partial charge is 0.380 e. The Morgan fingerprint density at radius 3 is 2.32 bits per heavy atom. The van der Waals surface area contributed by atoms with Crippen LogP contribution in [0.1, 0.15) is 37.1 Å². The van der Waals surface area contributed by atoms with Crippen LogP contribution >= 0.6 is 11.3 Å². The summed E-state index contributed by atoms with van der Waals surface area (Å²) in [4.78, 5) is 4.84. The molecule has 1 atom stereocenters. The van der Waals surface area contributed by atoms with Crippen molar-refractivity contribution in [3.8, 4) is 0 Å². The van der Waals surface area contributed by atoms with Gasteiger partial charge in [-0.05, 0) is 12.5 Å². The molecule has 0 radical (unpaired) electrons. The van der Waals surface area contributed by atoms with E-state index in [4.69, 9.17) is 0 Å². The maximum atomic E-state index is 10.3. The minimum Gasteiger partial charge on any atom is -0.380 e. The van der Waals surface area contributed by atoms with Crippen LogP contribution in [0.2, 0.25) is 0 Å². The monoisotopic (exact) mass is 269 g/mol. The number of thiazole rings is 1. The normalized spacial score (nSPS) is 12.6. The van der Waals surface area contributed by atoms with Gasteiger partial charge in [0.1, 0.15) is 5.60 Å². The molecule has 0 aliphatic heterocycles. The first kappa shape index (κ1) is 18.4. The molecule has 0 aliphatic carbocycles. The van der Waals surface area contributed by atoms with Gasteiger partial charge in [0.2, 0.25) is 0 Å². The molecule has 2 nitrogen and oxygen atoms in total. The second-order valence-corrected chi connectivity index (χ2v) is 5.04. The van der Waals surface area contributed by atoms with E-state index in [0.717, 1.165) is 16.9 Å². The second-order valence-electron chi connectivity index (χ2n) is 4.16. The van der Waals surface area contributed by atoms with E-state index in [-0.39, 0.29) is 18.9 Å². The van der Waals surface area contributed by atoms with E-state index in [1.165, 1.54) is 17.8 Å². The fourth-order valence-corrected chi connectivity index (χ4v) is 2.07. The van der Waals surface area contributed by atoms with E-state index in [0.29, 0.717) is 0 Å². The maximum absolute atomic E-state index is 10.3. The summed E-state index contributed by atoms with van der Waals surface area (Å²) in [5, 5.41) is 10.3. The van der Waals surface area contributed by atoms with Crippen LogP contribution in [0.4, 0.5) is 0 Å². The molecule has 2 aromatic rings. The Hall–Kier alpha value is -0.593. The Balaban J connectivity index is 0.000000576. The van der Waals surface area contributed by atoms with Gasteiger partial charge in [0.15, 0.2) is 0 Å². The van der Waals surface area contributed by atoms with Gasteiger partial charge in [0.25, 0.3) is 0 Å². The molecular weight excluding hydrogens is 249 g/mol. The van der Waals surface area contributed by atoms with Crippen LogP contribution < -0.4 is 18.9 Å². The van der Waals surface area contributed by atoms with E-state index in [2.05, 4.69) is 18.8 Å². The third kappa shape index (κ3) is 5.50. The topological polar surface area (TPSA) is 33.1 Å². The van der Waals surface area contributed by atoms with Crippen molar-refractivity contribution in [2.45, 2.75) is 32.3 Å². The summed E-state index contributed by atoms with van der Waals surface area (Å²) in [7, 11) is 0. The average molecular weight is 269 g/mol. The molecule has 0 aliphatic rings. The van der Waals surface area contributed by atoms with Crippen molar-refractivity contribution in [3.05, 3.63) is 59.4 Å². The largest absolute Gasteiger partial charge is 1.00 e. The van der Waals surface area contributed by atoms with E-state index < -0.39 is 5.60 Å². The van der Waals surface area contributed by atoms with Crippen LogP contribution in [0.5, 0.6) is 0 Å². The zero-order valence-corrected chi connectivity index (χ0v) is 12.8. The number of benzene rings is 1. The summed E-state index contributed by atoms with van der Waals surface area (Å²) < 4.78 is 0. The van der Waals surface area contributed by atoms with Crippen molar-refractivity contribution in [1.29, 1.82) is 0 Å². The molecule has 1 aromatic heterocycles. The van der Waals surface area contributed by atoms with Crippen molar-refractivity contribution in [1.82, 2.24) is 4.98 Å². The summed E-state index contributed by atoms with van der Waals surface area (Å²) in [6.45, 7) is 7.51. The molecule has 0 fully saturated rings. The van der Waals surface area contributed by atoms with Crippen LogP contribution in [0.15, 0.2) is 42.0 Å². The Morgan fingerprint density at radius 1 is 1.32 bits per heavy atom. The van der Waals surface area contributed by atoms with Gasteiger partial charge in [-0.2, -0.15) is 6.42 Å². The summed E-state index contributed by atoms with van der Waals surface area (Å²) in [6, 6.07) is 9.61. The predicted octanol–water partition coefficient (Wildman–Crippen LogP) is 1.02. The minimum atomic E-state index is -0.928. The number of unbranched alkanes of at least 4 members (excludes halogenated alkanes) is 1. The molecular formula is C15H20LiNOS. The summed E-state index contributed by atoms with van der Waals surface area (Å²) in [5.74, 6) is 0. The molecule has 2 rings (SSSR count). The van der Waals surface area contributed by atoms with Gasteiger partial charge in [0.05, 0.1) is 10.4 Å². The van der Waals surface area contributed by atoms with E-state index in [9.17, 15) is 5.11 Å². The molecule has 1 heterocycles. The van der Waals surface area contributed by atoms with Gasteiger partial charge >= 0.3 is 18.9 Å². The summed E-state index contributed by atoms with van der Waals surface area (Å²) in [5.41, 5.74) is 1.69. The number of hydrogen-bond donors (Lipinski definition) is 1. The molecule has 0 amide bonds. The molecule has 0 saturated heterocycles. The predicted molar refractivity (Wildman–Crippen MR) is 77.5 cm³/mol. The third-order valence-corrected chi connectivity index (χ3v) is 3.59. The molecule has 1 N–H and O–H groups in total. The minimum absolute atomic E-state index is 0. The zero-order chi connectivity index (χ0) is 13.4. The molecule has 4 heteroatoms. The van der Waals surface area contributed by atoms with Crippen LogP contribution in [0.25, 0.3) is 0 Å². The first-order chi connectivity index (χ1) is 8.62. The molecule has 98 valence electrons. The number of rotatable bonds is 3. The van der Waals surface area contributed by atoms with Gasteiger partial charge in [-0.1, -0.05) is 43.7 Å². The fraction of sp³-hybridized carbons (Fsp3) is 0.333. The second kappa shape index (κ2) is 9.33. The Labute approximate surface area is 132 Å². The standard InChI is InChI=1S/C11H11NOS.C4H9.Li/c1-11(13,10-7-12-8-14-10)9-5-3-2-4-6-9;1-3-4-2;/h2-8,13H,1H3;1,3-4H2,2H3;/q;-1;+1. The summed E-state index contributed by atoms with van der Waals surface area (Å²) in [6.07, 6.45) is 3.98. The molecule has 1 unspecified atom stereocenters. The van der Waals surface area contributed by atoms with Crippen molar-refractivity contribution >= 4 is 11.3 Å². The van der Waals surface area contributed by atoms with Crippen LogP contribution in [-0.4, -0.2) is 10.1 Å². The average Bonchev–Trinajstić information content (AvgIpc) is 2.95. The Kier molecular flexibility index (Phi) is 9.04. The summed E-state index contributed by atoms with van der Waals surface area (Å²) >= 11 is 1.46. The Morgan fingerprint density at radius 2 is 1.89 bits per heavy atom. The van der Waals surface area contributed by atoms with Gasteiger partial charge in [-0.3, -0.25) is 4.98 Å². The quantitative estimate of drug-likeness (QED) is 0.667. The van der Waals surface area contributed by atoms with Crippen LogP contribution in [-0.2, 0) is 5.60 Å². The fourth-order valence-electron chi connectivity index (χ4n) is 1.36. The third-order valence-electron chi connectivity index (χ3n) is 2.60. The molecule has 0 bridgehead atoms. The molecule has 0 spiro atoms. The number of aliphatic hydroxyl groups is 1. The zero-order valence-electron chi connectivity index (χ0n) is 12.0. The van der Waals surface area contributed by atoms with Crippen LogP contribution in [0.3, 0.4) is 0 Å². The number of nitrogens with zero attached hydrogens (tertiary/aromatic N) is 1. The van der Waals surface area contributed by atoms with Gasteiger partial charge in [0, 0.05) is 6.20 Å². The van der Waals surface area contributed by atoms with E-state index >= 15 is 0 Å². The first-order valence-corrected chi connectivity index (χ1v) is 6.97. The van der Waals surface area contributed by atoms with Gasteiger partial charge in [-0.15, -0.1) is 11.3 Å². The molecule has 19 heavy (non-hydrogen) atoms. The number of hydrogen-bond acceptors (Lipinski definition) is 3. The SMILES string of the molecule is CC(O)(c1ccccc1)c1cncs1.[CH2-]CCC.[Li+]. The molecule has 1 aromatic carbocycles. The first-order valence-electron chi connectivity index (χ1n) is 6.09. The Bertz CT molecular complexity index is 427. The van der Waals surface area contributed by atoms with Gasteiger partial charge < -0.3 is 12.0 Å². The van der Waals surface area contributed by atoms with E-state index in [1.54, 1.807) is 18.6 Å². The van der Waals surface area contributed by atoms with Gasteiger partial charge in [-0.25, -0.2) is 0 Å². The van der Waals surface area contributed by atoms with Crippen molar-refractivity contribution < 1.29 is 24.0 Å². The van der Waals surface area contributed by atoms with Crippen molar-refractivity contribution in [3.63, 3.8) is 0 Å². The van der Waals surface area contributed by atoms with Crippen LogP contribution in [0, 0.1) is 6.92 Å².